The van der Waals surface area contributed by atoms with Gasteiger partial charge in [0.2, 0.25) is 0 Å². The number of benzene rings is 1. The van der Waals surface area contributed by atoms with Crippen LogP contribution in [0.4, 0.5) is 0 Å². The van der Waals surface area contributed by atoms with Crippen LogP contribution in [-0.2, 0) is 0 Å². The van der Waals surface area contributed by atoms with Gasteiger partial charge in [0.25, 0.3) is 5.91 Å². The zero-order chi connectivity index (χ0) is 17.8. The summed E-state index contributed by atoms with van der Waals surface area (Å²) in [7, 11) is 0. The van der Waals surface area contributed by atoms with Gasteiger partial charge < -0.3 is 15.2 Å². The second-order valence-corrected chi connectivity index (χ2v) is 6.58. The van der Waals surface area contributed by atoms with Crippen LogP contribution in [0.2, 0.25) is 5.02 Å². The summed E-state index contributed by atoms with van der Waals surface area (Å²) in [6, 6.07) is 10.4. The van der Waals surface area contributed by atoms with Crippen LogP contribution >= 0.6 is 11.6 Å². The van der Waals surface area contributed by atoms with Gasteiger partial charge in [-0.15, -0.1) is 0 Å². The van der Waals surface area contributed by atoms with Gasteiger partial charge >= 0.3 is 0 Å². The van der Waals surface area contributed by atoms with Crippen molar-refractivity contribution in [1.82, 2.24) is 10.3 Å². The molecule has 1 fully saturated rings. The second kappa shape index (κ2) is 7.85. The van der Waals surface area contributed by atoms with Gasteiger partial charge in [-0.05, 0) is 56.0 Å². The number of aliphatic hydroxyl groups excluding tert-OH is 1. The summed E-state index contributed by atoms with van der Waals surface area (Å²) in [6.07, 6.45) is 2.72. The largest absolute Gasteiger partial charge is 0.492 e. The van der Waals surface area contributed by atoms with Gasteiger partial charge in [0.1, 0.15) is 5.75 Å². The molecule has 0 unspecified atom stereocenters. The van der Waals surface area contributed by atoms with E-state index in [1.54, 1.807) is 24.4 Å². The monoisotopic (exact) mass is 360 g/mol. The molecule has 1 amide bonds. The molecule has 1 aliphatic carbocycles. The van der Waals surface area contributed by atoms with Crippen LogP contribution in [0.3, 0.4) is 0 Å². The fourth-order valence-electron chi connectivity index (χ4n) is 3.03. The minimum atomic E-state index is -0.298. The number of carbonyl (C=O) groups is 1. The van der Waals surface area contributed by atoms with Gasteiger partial charge in [-0.1, -0.05) is 17.7 Å². The lowest BCUT2D eigenvalue weighted by Crippen LogP contribution is -2.41. The minimum Gasteiger partial charge on any atom is -0.492 e. The van der Waals surface area contributed by atoms with Crippen LogP contribution in [0.5, 0.6) is 5.75 Å². The maximum Gasteiger partial charge on any atom is 0.251 e. The van der Waals surface area contributed by atoms with Gasteiger partial charge in [0.05, 0.1) is 29.5 Å². The van der Waals surface area contributed by atoms with Crippen molar-refractivity contribution in [2.75, 3.05) is 6.61 Å². The second-order valence-electron chi connectivity index (χ2n) is 6.17. The third-order valence-corrected chi connectivity index (χ3v) is 4.70. The summed E-state index contributed by atoms with van der Waals surface area (Å²) in [5.74, 6) is 0.512. The van der Waals surface area contributed by atoms with E-state index in [1.165, 1.54) is 0 Å². The van der Waals surface area contributed by atoms with E-state index in [1.807, 2.05) is 25.1 Å². The molecule has 5 nitrogen and oxygen atoms in total. The zero-order valence-electron chi connectivity index (χ0n) is 14.0. The summed E-state index contributed by atoms with van der Waals surface area (Å²) < 4.78 is 5.40. The zero-order valence-corrected chi connectivity index (χ0v) is 14.7. The number of nitrogens with zero attached hydrogens (tertiary/aromatic N) is 1. The number of hydrogen-bond acceptors (Lipinski definition) is 4. The van der Waals surface area contributed by atoms with Crippen LogP contribution in [0.25, 0.3) is 0 Å². The molecule has 132 valence electrons. The van der Waals surface area contributed by atoms with E-state index in [0.717, 1.165) is 5.69 Å². The van der Waals surface area contributed by atoms with Crippen molar-refractivity contribution in [3.05, 3.63) is 58.9 Å². The molecule has 1 aromatic heterocycles. The molecule has 1 heterocycles. The molecule has 1 aromatic carbocycles. The Morgan fingerprint density at radius 3 is 2.80 bits per heavy atom. The lowest BCUT2D eigenvalue weighted by molar-refractivity contribution is 0.0228. The first-order chi connectivity index (χ1) is 12.1. The summed E-state index contributed by atoms with van der Waals surface area (Å²) >= 11 is 6.18. The van der Waals surface area contributed by atoms with Crippen molar-refractivity contribution in [1.29, 1.82) is 0 Å². The van der Waals surface area contributed by atoms with Crippen molar-refractivity contribution < 1.29 is 14.6 Å². The van der Waals surface area contributed by atoms with Crippen LogP contribution in [0.1, 0.15) is 41.9 Å². The van der Waals surface area contributed by atoms with Crippen molar-refractivity contribution in [3.63, 3.8) is 0 Å². The highest BCUT2D eigenvalue weighted by Gasteiger charge is 2.36. The summed E-state index contributed by atoms with van der Waals surface area (Å²) in [5.41, 5.74) is 1.26. The summed E-state index contributed by atoms with van der Waals surface area (Å²) in [5, 5.41) is 13.1. The van der Waals surface area contributed by atoms with Gasteiger partial charge in [-0.25, -0.2) is 0 Å². The highest BCUT2D eigenvalue weighted by Crippen LogP contribution is 2.37. The van der Waals surface area contributed by atoms with Gasteiger partial charge in [-0.2, -0.15) is 0 Å². The van der Waals surface area contributed by atoms with E-state index in [9.17, 15) is 9.90 Å². The van der Waals surface area contributed by atoms with E-state index < -0.39 is 0 Å². The first-order valence-corrected chi connectivity index (χ1v) is 8.78. The normalized spacial score (nSPS) is 20.4. The SMILES string of the molecule is CCOc1ccc(C(=O)N[C@@H](c2ccccn2)C2CC(O)C2)cc1Cl. The predicted octanol–water partition coefficient (Wildman–Crippen LogP) is 3.38. The predicted molar refractivity (Wildman–Crippen MR) is 95.8 cm³/mol. The number of aromatic nitrogens is 1. The third kappa shape index (κ3) is 4.11. The van der Waals surface area contributed by atoms with E-state index in [4.69, 9.17) is 16.3 Å². The van der Waals surface area contributed by atoms with E-state index in [-0.39, 0.29) is 24.0 Å². The fourth-order valence-corrected chi connectivity index (χ4v) is 3.27. The lowest BCUT2D eigenvalue weighted by atomic mass is 9.76. The smallest absolute Gasteiger partial charge is 0.251 e. The van der Waals surface area contributed by atoms with Gasteiger partial charge in [0, 0.05) is 11.8 Å². The molecule has 25 heavy (non-hydrogen) atoms. The number of pyridine rings is 1. The average Bonchev–Trinajstić information content (AvgIpc) is 2.59. The Kier molecular flexibility index (Phi) is 5.56. The number of nitrogens with one attached hydrogen (secondary N) is 1. The molecule has 2 N–H and O–H groups in total. The summed E-state index contributed by atoms with van der Waals surface area (Å²) in [6.45, 7) is 2.39. The Morgan fingerprint density at radius 1 is 1.40 bits per heavy atom. The molecule has 0 aliphatic heterocycles. The molecular formula is C19H21ClN2O3. The van der Waals surface area contributed by atoms with Gasteiger partial charge in [-0.3, -0.25) is 9.78 Å². The number of carbonyl (C=O) groups excluding carboxylic acids is 1. The number of aliphatic hydroxyl groups is 1. The molecule has 1 atom stereocenters. The minimum absolute atomic E-state index is 0.173. The van der Waals surface area contributed by atoms with Crippen molar-refractivity contribution in [2.24, 2.45) is 5.92 Å². The number of amides is 1. The molecule has 1 saturated carbocycles. The van der Waals surface area contributed by atoms with E-state index >= 15 is 0 Å². The number of halogens is 1. The van der Waals surface area contributed by atoms with Crippen LogP contribution < -0.4 is 10.1 Å². The van der Waals surface area contributed by atoms with Gasteiger partial charge in [0.15, 0.2) is 0 Å². The number of rotatable bonds is 6. The first kappa shape index (κ1) is 17.7. The highest BCUT2D eigenvalue weighted by atomic mass is 35.5. The molecule has 6 heteroatoms. The Labute approximate surface area is 152 Å². The van der Waals surface area contributed by atoms with Crippen molar-refractivity contribution in [3.8, 4) is 5.75 Å². The van der Waals surface area contributed by atoms with Crippen LogP contribution in [-0.4, -0.2) is 28.7 Å². The average molecular weight is 361 g/mol. The third-order valence-electron chi connectivity index (χ3n) is 4.41. The number of hydrogen-bond donors (Lipinski definition) is 2. The number of ether oxygens (including phenoxy) is 1. The summed E-state index contributed by atoms with van der Waals surface area (Å²) in [4.78, 5) is 17.0. The fraction of sp³-hybridized carbons (Fsp3) is 0.368. The molecule has 3 rings (SSSR count). The van der Waals surface area contributed by atoms with E-state index in [0.29, 0.717) is 35.8 Å². The maximum absolute atomic E-state index is 12.7. The van der Waals surface area contributed by atoms with Crippen LogP contribution in [0, 0.1) is 5.92 Å². The molecule has 0 spiro atoms. The molecule has 0 radical (unpaired) electrons. The van der Waals surface area contributed by atoms with Crippen molar-refractivity contribution in [2.45, 2.75) is 31.9 Å². The topological polar surface area (TPSA) is 71.5 Å². The quantitative estimate of drug-likeness (QED) is 0.828. The maximum atomic E-state index is 12.7. The lowest BCUT2D eigenvalue weighted by Gasteiger charge is -2.37. The first-order valence-electron chi connectivity index (χ1n) is 8.40. The highest BCUT2D eigenvalue weighted by molar-refractivity contribution is 6.32. The molecule has 0 saturated heterocycles. The molecule has 0 bridgehead atoms. The molecule has 2 aromatic rings. The Balaban J connectivity index is 1.77. The molecular weight excluding hydrogens is 340 g/mol. The van der Waals surface area contributed by atoms with Crippen LogP contribution in [0.15, 0.2) is 42.6 Å². The van der Waals surface area contributed by atoms with E-state index in [2.05, 4.69) is 10.3 Å². The molecule has 1 aliphatic rings. The Hall–Kier alpha value is -2.11. The Bertz CT molecular complexity index is 733. The van der Waals surface area contributed by atoms with Crippen molar-refractivity contribution >= 4 is 17.5 Å². The Morgan fingerprint density at radius 2 is 2.20 bits per heavy atom. The standard InChI is InChI=1S/C19H21ClN2O3/c1-2-25-17-7-6-12(11-15(17)20)19(24)22-18(13-9-14(23)10-13)16-5-3-4-8-21-16/h3-8,11,13-14,18,23H,2,9-10H2,1H3,(H,22,24)/t13?,14?,18-/m1/s1.